The highest BCUT2D eigenvalue weighted by molar-refractivity contribution is 5.94. The Balaban J connectivity index is 1.56. The normalized spacial score (nSPS) is 27.0. The van der Waals surface area contributed by atoms with Gasteiger partial charge in [-0.1, -0.05) is 6.92 Å². The van der Waals surface area contributed by atoms with Crippen LogP contribution in [0.1, 0.15) is 43.5 Å². The Bertz CT molecular complexity index is 488. The average molecular weight is 286 g/mol. The topological polar surface area (TPSA) is 23.6 Å². The summed E-state index contributed by atoms with van der Waals surface area (Å²) in [6.45, 7) is 8.55. The number of piperazine rings is 1. The third-order valence-electron chi connectivity index (χ3n) is 5.14. The van der Waals surface area contributed by atoms with Crippen LogP contribution >= 0.6 is 0 Å². The van der Waals surface area contributed by atoms with Crippen LogP contribution in [0.4, 0.5) is 5.69 Å². The molecular weight excluding hydrogens is 260 g/mol. The molecule has 1 heterocycles. The van der Waals surface area contributed by atoms with Crippen molar-refractivity contribution in [3.63, 3.8) is 0 Å². The van der Waals surface area contributed by atoms with E-state index in [2.05, 4.69) is 28.9 Å². The summed E-state index contributed by atoms with van der Waals surface area (Å²) in [6, 6.07) is 8.89. The maximum atomic E-state index is 11.3. The first-order chi connectivity index (χ1) is 10.1. The minimum absolute atomic E-state index is 0.140. The first kappa shape index (κ1) is 14.6. The average Bonchev–Trinajstić information content (AvgIpc) is 2.94. The summed E-state index contributed by atoms with van der Waals surface area (Å²) in [4.78, 5) is 16.5. The summed E-state index contributed by atoms with van der Waals surface area (Å²) in [5.41, 5.74) is 2.05. The summed E-state index contributed by atoms with van der Waals surface area (Å²) >= 11 is 0. The number of ketones is 1. The van der Waals surface area contributed by atoms with Crippen molar-refractivity contribution in [3.8, 4) is 0 Å². The number of hydrogen-bond acceptors (Lipinski definition) is 3. The Morgan fingerprint density at radius 2 is 1.71 bits per heavy atom. The maximum Gasteiger partial charge on any atom is 0.159 e. The Hall–Kier alpha value is -1.35. The van der Waals surface area contributed by atoms with Crippen molar-refractivity contribution < 1.29 is 4.79 Å². The number of benzene rings is 1. The van der Waals surface area contributed by atoms with Gasteiger partial charge in [-0.2, -0.15) is 0 Å². The van der Waals surface area contributed by atoms with Crippen molar-refractivity contribution in [3.05, 3.63) is 29.8 Å². The van der Waals surface area contributed by atoms with E-state index in [1.807, 2.05) is 12.1 Å². The molecule has 21 heavy (non-hydrogen) atoms. The standard InChI is InChI=1S/C18H26N2O/c1-14-3-6-18(13-14)20-11-9-19(10-12-20)17-7-4-16(5-8-17)15(2)21/h4-5,7-8,14,18H,3,6,9-13H2,1-2H3/t14-,18+/m0/s1. The minimum atomic E-state index is 0.140. The molecule has 0 bridgehead atoms. The monoisotopic (exact) mass is 286 g/mol. The molecule has 2 aliphatic rings. The van der Waals surface area contributed by atoms with Gasteiger partial charge in [-0.25, -0.2) is 0 Å². The number of carbonyl (C=O) groups is 1. The Labute approximate surface area is 127 Å². The molecule has 1 aliphatic carbocycles. The predicted octanol–water partition coefficient (Wildman–Crippen LogP) is 3.20. The van der Waals surface area contributed by atoms with Crippen molar-refractivity contribution in [1.82, 2.24) is 4.90 Å². The highest BCUT2D eigenvalue weighted by Crippen LogP contribution is 2.30. The van der Waals surface area contributed by atoms with Crippen molar-refractivity contribution in [2.75, 3.05) is 31.1 Å². The number of anilines is 1. The molecular formula is C18H26N2O. The molecule has 1 saturated heterocycles. The van der Waals surface area contributed by atoms with Crippen LogP contribution in [0.3, 0.4) is 0 Å². The zero-order chi connectivity index (χ0) is 14.8. The number of hydrogen-bond donors (Lipinski definition) is 0. The highest BCUT2D eigenvalue weighted by atomic mass is 16.1. The van der Waals surface area contributed by atoms with E-state index in [1.165, 1.54) is 38.0 Å². The molecule has 0 amide bonds. The molecule has 0 spiro atoms. The first-order valence-electron chi connectivity index (χ1n) is 8.23. The molecule has 3 heteroatoms. The molecule has 1 saturated carbocycles. The fraction of sp³-hybridized carbons (Fsp3) is 0.611. The number of Topliss-reactive ketones (excluding diaryl/α,β-unsaturated/α-hetero) is 1. The lowest BCUT2D eigenvalue weighted by atomic mass is 10.1. The number of rotatable bonds is 3. The van der Waals surface area contributed by atoms with E-state index < -0.39 is 0 Å². The Kier molecular flexibility index (Phi) is 4.29. The largest absolute Gasteiger partial charge is 0.369 e. The van der Waals surface area contributed by atoms with Crippen LogP contribution in [0.5, 0.6) is 0 Å². The van der Waals surface area contributed by atoms with Gasteiger partial charge in [0.25, 0.3) is 0 Å². The molecule has 114 valence electrons. The molecule has 0 N–H and O–H groups in total. The molecule has 2 fully saturated rings. The molecule has 3 rings (SSSR count). The first-order valence-corrected chi connectivity index (χ1v) is 8.23. The Morgan fingerprint density at radius 1 is 1.05 bits per heavy atom. The zero-order valence-electron chi connectivity index (χ0n) is 13.2. The third-order valence-corrected chi connectivity index (χ3v) is 5.14. The Morgan fingerprint density at radius 3 is 2.24 bits per heavy atom. The second-order valence-corrected chi connectivity index (χ2v) is 6.70. The molecule has 3 nitrogen and oxygen atoms in total. The lowest BCUT2D eigenvalue weighted by Gasteiger charge is -2.39. The quantitative estimate of drug-likeness (QED) is 0.797. The van der Waals surface area contributed by atoms with Crippen molar-refractivity contribution >= 4 is 11.5 Å². The lowest BCUT2D eigenvalue weighted by Crippen LogP contribution is -2.49. The van der Waals surface area contributed by atoms with Crippen molar-refractivity contribution in [2.45, 2.75) is 39.2 Å². The molecule has 1 aromatic rings. The molecule has 1 aromatic carbocycles. The fourth-order valence-electron chi connectivity index (χ4n) is 3.76. The van der Waals surface area contributed by atoms with Crippen LogP contribution in [0, 0.1) is 5.92 Å². The van der Waals surface area contributed by atoms with Gasteiger partial charge in [-0.05, 0) is 56.4 Å². The van der Waals surface area contributed by atoms with Crippen LogP contribution in [-0.2, 0) is 0 Å². The molecule has 0 radical (unpaired) electrons. The van der Waals surface area contributed by atoms with Gasteiger partial charge in [-0.3, -0.25) is 9.69 Å². The van der Waals surface area contributed by atoms with Gasteiger partial charge in [-0.15, -0.1) is 0 Å². The van der Waals surface area contributed by atoms with Gasteiger partial charge in [0.2, 0.25) is 0 Å². The molecule has 2 atom stereocenters. The van der Waals surface area contributed by atoms with E-state index in [9.17, 15) is 4.79 Å². The van der Waals surface area contributed by atoms with Crippen LogP contribution in [0.2, 0.25) is 0 Å². The van der Waals surface area contributed by atoms with E-state index in [0.717, 1.165) is 30.6 Å². The predicted molar refractivity (Wildman–Crippen MR) is 87.0 cm³/mol. The molecule has 1 aliphatic heterocycles. The van der Waals surface area contributed by atoms with Crippen LogP contribution in [0.25, 0.3) is 0 Å². The van der Waals surface area contributed by atoms with Crippen LogP contribution in [0.15, 0.2) is 24.3 Å². The smallest absolute Gasteiger partial charge is 0.159 e. The summed E-state index contributed by atoms with van der Waals surface area (Å²) < 4.78 is 0. The van der Waals surface area contributed by atoms with Crippen molar-refractivity contribution in [2.24, 2.45) is 5.92 Å². The van der Waals surface area contributed by atoms with Gasteiger partial charge in [0.1, 0.15) is 0 Å². The van der Waals surface area contributed by atoms with Crippen molar-refractivity contribution in [1.29, 1.82) is 0 Å². The van der Waals surface area contributed by atoms with Crippen LogP contribution in [-0.4, -0.2) is 42.9 Å². The van der Waals surface area contributed by atoms with E-state index in [4.69, 9.17) is 0 Å². The van der Waals surface area contributed by atoms with E-state index in [0.29, 0.717) is 0 Å². The van der Waals surface area contributed by atoms with E-state index in [-0.39, 0.29) is 5.78 Å². The van der Waals surface area contributed by atoms with Gasteiger partial charge >= 0.3 is 0 Å². The minimum Gasteiger partial charge on any atom is -0.369 e. The molecule has 0 unspecified atom stereocenters. The van der Waals surface area contributed by atoms with Gasteiger partial charge < -0.3 is 4.90 Å². The molecule has 0 aromatic heterocycles. The van der Waals surface area contributed by atoms with Gasteiger partial charge in [0, 0.05) is 43.5 Å². The summed E-state index contributed by atoms with van der Waals surface area (Å²) in [6.07, 6.45) is 4.17. The van der Waals surface area contributed by atoms with Crippen LogP contribution < -0.4 is 4.90 Å². The second kappa shape index (κ2) is 6.18. The summed E-state index contributed by atoms with van der Waals surface area (Å²) in [5, 5.41) is 0. The SMILES string of the molecule is CC(=O)c1ccc(N2CCN([C@@H]3CC[C@H](C)C3)CC2)cc1. The number of carbonyl (C=O) groups excluding carboxylic acids is 1. The summed E-state index contributed by atoms with van der Waals surface area (Å²) in [5.74, 6) is 1.05. The van der Waals surface area contributed by atoms with Gasteiger partial charge in [0.05, 0.1) is 0 Å². The maximum absolute atomic E-state index is 11.3. The lowest BCUT2D eigenvalue weighted by molar-refractivity contribution is 0.101. The van der Waals surface area contributed by atoms with E-state index in [1.54, 1.807) is 6.92 Å². The van der Waals surface area contributed by atoms with Gasteiger partial charge in [0.15, 0.2) is 5.78 Å². The second-order valence-electron chi connectivity index (χ2n) is 6.70. The fourth-order valence-corrected chi connectivity index (χ4v) is 3.76. The zero-order valence-corrected chi connectivity index (χ0v) is 13.2. The third kappa shape index (κ3) is 3.29. The number of nitrogens with zero attached hydrogens (tertiary/aromatic N) is 2. The van der Waals surface area contributed by atoms with E-state index >= 15 is 0 Å². The summed E-state index contributed by atoms with van der Waals surface area (Å²) in [7, 11) is 0. The highest BCUT2D eigenvalue weighted by Gasteiger charge is 2.29.